The van der Waals surface area contributed by atoms with Crippen LogP contribution in [-0.4, -0.2) is 53.7 Å². The number of nitrogens with zero attached hydrogens (tertiary/aromatic N) is 2. The largest absolute Gasteiger partial charge is 0.468 e. The van der Waals surface area contributed by atoms with Crippen LogP contribution in [0.2, 0.25) is 0 Å². The highest BCUT2D eigenvalue weighted by Crippen LogP contribution is 2.27. The van der Waals surface area contributed by atoms with Crippen LogP contribution in [0.15, 0.2) is 41.0 Å². The van der Waals surface area contributed by atoms with Crippen LogP contribution in [0.3, 0.4) is 0 Å². The van der Waals surface area contributed by atoms with Crippen LogP contribution in [0.5, 0.6) is 0 Å². The minimum Gasteiger partial charge on any atom is -0.468 e. The van der Waals surface area contributed by atoms with Crippen LogP contribution < -0.4 is 21.3 Å². The molecule has 0 radical (unpaired) electrons. The van der Waals surface area contributed by atoms with Crippen molar-refractivity contribution < 1.29 is 18.8 Å². The van der Waals surface area contributed by atoms with Crippen LogP contribution in [0.25, 0.3) is 11.4 Å². The Morgan fingerprint density at radius 1 is 0.944 bits per heavy atom. The molecule has 0 saturated heterocycles. The first-order chi connectivity index (χ1) is 17.4. The molecule has 1 aliphatic carbocycles. The molecule has 2 heterocycles. The van der Waals surface area contributed by atoms with E-state index in [1.54, 1.807) is 0 Å². The van der Waals surface area contributed by atoms with Crippen molar-refractivity contribution in [2.24, 2.45) is 0 Å². The Morgan fingerprint density at radius 3 is 2.28 bits per heavy atom. The molecule has 0 aliphatic heterocycles. The lowest BCUT2D eigenvalue weighted by Crippen LogP contribution is -2.30. The van der Waals surface area contributed by atoms with Gasteiger partial charge < -0.3 is 25.7 Å². The Hall–Kier alpha value is -4.21. The van der Waals surface area contributed by atoms with E-state index in [0.717, 1.165) is 17.5 Å². The number of carbonyl (C=O) groups is 3. The fourth-order valence-corrected chi connectivity index (χ4v) is 4.04. The van der Waals surface area contributed by atoms with Crippen molar-refractivity contribution in [1.82, 2.24) is 20.6 Å². The molecule has 0 atom stereocenters. The third-order valence-corrected chi connectivity index (χ3v) is 5.87. The van der Waals surface area contributed by atoms with Gasteiger partial charge in [-0.05, 0) is 13.3 Å². The second kappa shape index (κ2) is 11.5. The SMILES string of the molecule is CC(=O)NCCNc1nc(-c2ccccc2)nc(NCCNC(=O)c2coc3c2C(=O)CCC3)c1C. The van der Waals surface area contributed by atoms with Crippen LogP contribution in [-0.2, 0) is 11.2 Å². The molecule has 0 fully saturated rings. The first-order valence-electron chi connectivity index (χ1n) is 12.0. The molecule has 0 unspecified atom stereocenters. The molecule has 36 heavy (non-hydrogen) atoms. The van der Waals surface area contributed by atoms with Crippen LogP contribution >= 0.6 is 0 Å². The highest BCUT2D eigenvalue weighted by Gasteiger charge is 2.27. The topological polar surface area (TPSA) is 138 Å². The molecule has 1 aliphatic rings. The number of benzene rings is 1. The van der Waals surface area contributed by atoms with Gasteiger partial charge in [0.25, 0.3) is 5.91 Å². The Balaban J connectivity index is 1.42. The van der Waals surface area contributed by atoms with E-state index < -0.39 is 0 Å². The summed E-state index contributed by atoms with van der Waals surface area (Å²) in [6.07, 6.45) is 3.23. The third kappa shape index (κ3) is 5.88. The van der Waals surface area contributed by atoms with Crippen LogP contribution in [0.1, 0.15) is 51.8 Å². The minimum absolute atomic E-state index is 0.0446. The van der Waals surface area contributed by atoms with E-state index in [1.165, 1.54) is 13.2 Å². The molecule has 4 N–H and O–H groups in total. The summed E-state index contributed by atoms with van der Waals surface area (Å²) in [5.41, 5.74) is 2.40. The first-order valence-corrected chi connectivity index (χ1v) is 12.0. The van der Waals surface area contributed by atoms with Gasteiger partial charge in [0.1, 0.15) is 23.7 Å². The molecule has 10 nitrogen and oxygen atoms in total. The highest BCUT2D eigenvalue weighted by atomic mass is 16.3. The molecule has 2 amide bonds. The molecule has 4 rings (SSSR count). The van der Waals surface area contributed by atoms with Gasteiger partial charge in [-0.2, -0.15) is 0 Å². The van der Waals surface area contributed by atoms with Crippen molar-refractivity contribution >= 4 is 29.2 Å². The maximum Gasteiger partial charge on any atom is 0.255 e. The average molecular weight is 491 g/mol. The van der Waals surface area contributed by atoms with Crippen molar-refractivity contribution in [3.05, 3.63) is 59.0 Å². The van der Waals surface area contributed by atoms with E-state index in [1.807, 2.05) is 37.3 Å². The summed E-state index contributed by atoms with van der Waals surface area (Å²) < 4.78 is 5.45. The van der Waals surface area contributed by atoms with E-state index in [2.05, 4.69) is 31.2 Å². The first kappa shape index (κ1) is 24.9. The number of aromatic nitrogens is 2. The maximum absolute atomic E-state index is 12.7. The molecular formula is C26H30N6O4. The Morgan fingerprint density at radius 2 is 1.61 bits per heavy atom. The number of amides is 2. The zero-order valence-electron chi connectivity index (χ0n) is 20.4. The number of Topliss-reactive ketones (excluding diaryl/α,β-unsaturated/α-hetero) is 1. The van der Waals surface area contributed by atoms with Crippen LogP contribution in [0.4, 0.5) is 11.6 Å². The van der Waals surface area contributed by atoms with Gasteiger partial charge in [-0.3, -0.25) is 14.4 Å². The van der Waals surface area contributed by atoms with Gasteiger partial charge in [-0.15, -0.1) is 0 Å². The van der Waals surface area contributed by atoms with E-state index in [0.29, 0.717) is 73.4 Å². The molecule has 0 spiro atoms. The van der Waals surface area contributed by atoms with Gasteiger partial charge in [-0.25, -0.2) is 9.97 Å². The monoisotopic (exact) mass is 490 g/mol. The Labute approximate surface area is 209 Å². The molecule has 10 heteroatoms. The molecule has 3 aromatic rings. The molecule has 0 bridgehead atoms. The van der Waals surface area contributed by atoms with E-state index in [9.17, 15) is 14.4 Å². The second-order valence-corrected chi connectivity index (χ2v) is 8.55. The number of furan rings is 1. The molecule has 1 aromatic carbocycles. The zero-order chi connectivity index (χ0) is 25.5. The number of aryl methyl sites for hydroxylation is 1. The smallest absolute Gasteiger partial charge is 0.255 e. The number of hydrogen-bond acceptors (Lipinski definition) is 8. The second-order valence-electron chi connectivity index (χ2n) is 8.55. The summed E-state index contributed by atoms with van der Waals surface area (Å²) in [5, 5.41) is 12.1. The highest BCUT2D eigenvalue weighted by molar-refractivity contribution is 6.09. The molecule has 0 saturated carbocycles. The number of hydrogen-bond donors (Lipinski definition) is 4. The van der Waals surface area contributed by atoms with Gasteiger partial charge in [0.2, 0.25) is 5.91 Å². The number of nitrogens with one attached hydrogen (secondary N) is 4. The van der Waals surface area contributed by atoms with Crippen LogP contribution in [0, 0.1) is 6.92 Å². The van der Waals surface area contributed by atoms with E-state index in [4.69, 9.17) is 4.42 Å². The minimum atomic E-state index is -0.332. The zero-order valence-corrected chi connectivity index (χ0v) is 20.4. The third-order valence-electron chi connectivity index (χ3n) is 5.87. The van der Waals surface area contributed by atoms with E-state index in [-0.39, 0.29) is 17.6 Å². The number of ketones is 1. The average Bonchev–Trinajstić information content (AvgIpc) is 3.32. The fraction of sp³-hybridized carbons (Fsp3) is 0.346. The van der Waals surface area contributed by atoms with Crippen molar-refractivity contribution in [2.45, 2.75) is 33.1 Å². The molecular weight excluding hydrogens is 460 g/mol. The number of anilines is 2. The van der Waals surface area contributed by atoms with Crippen molar-refractivity contribution in [2.75, 3.05) is 36.8 Å². The molecule has 2 aromatic heterocycles. The maximum atomic E-state index is 12.7. The van der Waals surface area contributed by atoms with Crippen molar-refractivity contribution in [3.8, 4) is 11.4 Å². The summed E-state index contributed by atoms with van der Waals surface area (Å²) >= 11 is 0. The lowest BCUT2D eigenvalue weighted by molar-refractivity contribution is -0.118. The lowest BCUT2D eigenvalue weighted by Gasteiger charge is -2.16. The van der Waals surface area contributed by atoms with Crippen molar-refractivity contribution in [1.29, 1.82) is 0 Å². The lowest BCUT2D eigenvalue weighted by atomic mass is 9.94. The quantitative estimate of drug-likeness (QED) is 0.318. The predicted octanol–water partition coefficient (Wildman–Crippen LogP) is 2.95. The normalized spacial score (nSPS) is 12.6. The summed E-state index contributed by atoms with van der Waals surface area (Å²) in [4.78, 5) is 45.4. The summed E-state index contributed by atoms with van der Waals surface area (Å²) in [6.45, 7) is 5.09. The standard InChI is InChI=1S/C26H30N6O4/c1-16-23(28-12-11-27-17(2)33)31-25(18-7-4-3-5-8-18)32-24(16)29-13-14-30-26(35)19-15-36-21-10-6-9-20(34)22(19)21/h3-5,7-8,15H,6,9-14H2,1-2H3,(H,27,33)(H,30,35)(H2,28,29,31,32). The van der Waals surface area contributed by atoms with Gasteiger partial charge in [0, 0.05) is 57.1 Å². The summed E-state index contributed by atoms with van der Waals surface area (Å²) in [6, 6.07) is 9.64. The van der Waals surface area contributed by atoms with Gasteiger partial charge in [0.05, 0.1) is 11.1 Å². The summed E-state index contributed by atoms with van der Waals surface area (Å²) in [5.74, 6) is 1.97. The van der Waals surface area contributed by atoms with Gasteiger partial charge in [0.15, 0.2) is 11.6 Å². The predicted molar refractivity (Wildman–Crippen MR) is 136 cm³/mol. The molecule has 188 valence electrons. The van der Waals surface area contributed by atoms with Gasteiger partial charge >= 0.3 is 0 Å². The van der Waals surface area contributed by atoms with E-state index >= 15 is 0 Å². The number of fused-ring (bicyclic) bond motifs is 1. The Kier molecular flexibility index (Phi) is 7.94. The Bertz CT molecular complexity index is 1250. The summed E-state index contributed by atoms with van der Waals surface area (Å²) in [7, 11) is 0. The fourth-order valence-electron chi connectivity index (χ4n) is 4.04. The number of rotatable bonds is 10. The van der Waals surface area contributed by atoms with Gasteiger partial charge in [-0.1, -0.05) is 30.3 Å². The van der Waals surface area contributed by atoms with Crippen molar-refractivity contribution in [3.63, 3.8) is 0 Å². The number of carbonyl (C=O) groups excluding carboxylic acids is 3.